The molecule has 1 fully saturated rings. The fourth-order valence-corrected chi connectivity index (χ4v) is 2.06. The number of carbonyl (C=O) groups is 1. The second-order valence-corrected chi connectivity index (χ2v) is 5.89. The van der Waals surface area contributed by atoms with E-state index in [0.717, 1.165) is 0 Å². The van der Waals surface area contributed by atoms with Gasteiger partial charge in [-0.05, 0) is 40.0 Å². The maximum atomic E-state index is 11.8. The molecule has 1 rings (SSSR count). The number of aliphatic hydroxyl groups is 1. The lowest BCUT2D eigenvalue weighted by atomic mass is 9.98. The molecule has 100 valence electrons. The van der Waals surface area contributed by atoms with Crippen LogP contribution in [-0.2, 0) is 4.74 Å². The van der Waals surface area contributed by atoms with E-state index in [0.29, 0.717) is 19.5 Å². The quantitative estimate of drug-likeness (QED) is 0.758. The van der Waals surface area contributed by atoms with Crippen molar-refractivity contribution in [2.24, 2.45) is 11.7 Å². The molecule has 1 heterocycles. The van der Waals surface area contributed by atoms with E-state index < -0.39 is 5.60 Å². The summed E-state index contributed by atoms with van der Waals surface area (Å²) in [6.45, 7) is 8.34. The Hall–Kier alpha value is -0.810. The van der Waals surface area contributed by atoms with Gasteiger partial charge in [0.25, 0.3) is 0 Å². The number of hydrogen-bond acceptors (Lipinski definition) is 4. The first kappa shape index (κ1) is 14.3. The summed E-state index contributed by atoms with van der Waals surface area (Å²) in [6, 6.07) is -0.0721. The highest BCUT2D eigenvalue weighted by molar-refractivity contribution is 5.68. The average molecular weight is 244 g/mol. The van der Waals surface area contributed by atoms with Gasteiger partial charge in [-0.25, -0.2) is 4.79 Å². The molecule has 1 amide bonds. The summed E-state index contributed by atoms with van der Waals surface area (Å²) in [4.78, 5) is 13.5. The van der Waals surface area contributed by atoms with E-state index in [1.54, 1.807) is 11.8 Å². The number of rotatable bonds is 2. The number of ether oxygens (including phenoxy) is 1. The minimum absolute atomic E-state index is 0.0721. The topological polar surface area (TPSA) is 75.8 Å². The molecule has 3 unspecified atom stereocenters. The number of aliphatic hydroxyl groups excluding tert-OH is 1. The van der Waals surface area contributed by atoms with Gasteiger partial charge in [-0.2, -0.15) is 0 Å². The smallest absolute Gasteiger partial charge is 0.410 e. The fourth-order valence-electron chi connectivity index (χ4n) is 2.06. The number of nitrogens with two attached hydrogens (primary N) is 1. The van der Waals surface area contributed by atoms with Crippen LogP contribution < -0.4 is 5.73 Å². The maximum Gasteiger partial charge on any atom is 0.410 e. The van der Waals surface area contributed by atoms with Gasteiger partial charge in [0.05, 0.1) is 6.10 Å². The van der Waals surface area contributed by atoms with E-state index in [2.05, 4.69) is 0 Å². The number of carbonyl (C=O) groups excluding carboxylic acids is 1. The summed E-state index contributed by atoms with van der Waals surface area (Å²) >= 11 is 0. The monoisotopic (exact) mass is 244 g/mol. The van der Waals surface area contributed by atoms with Gasteiger partial charge >= 0.3 is 6.09 Å². The minimum atomic E-state index is -0.483. The van der Waals surface area contributed by atoms with Gasteiger partial charge in [0, 0.05) is 19.1 Å². The summed E-state index contributed by atoms with van der Waals surface area (Å²) in [5.74, 6) is 0.155. The molecule has 1 aliphatic heterocycles. The summed E-state index contributed by atoms with van der Waals surface area (Å²) in [5, 5.41) is 9.35. The molecule has 0 aliphatic carbocycles. The summed E-state index contributed by atoms with van der Waals surface area (Å²) in [5.41, 5.74) is 5.48. The zero-order chi connectivity index (χ0) is 13.2. The first-order valence-corrected chi connectivity index (χ1v) is 6.10. The van der Waals surface area contributed by atoms with Crippen LogP contribution in [-0.4, -0.2) is 46.9 Å². The van der Waals surface area contributed by atoms with Gasteiger partial charge in [-0.3, -0.25) is 0 Å². The van der Waals surface area contributed by atoms with Crippen LogP contribution >= 0.6 is 0 Å². The molecule has 1 aliphatic rings. The second kappa shape index (κ2) is 5.23. The second-order valence-electron chi connectivity index (χ2n) is 5.89. The summed E-state index contributed by atoms with van der Waals surface area (Å²) < 4.78 is 5.29. The minimum Gasteiger partial charge on any atom is -0.444 e. The summed E-state index contributed by atoms with van der Waals surface area (Å²) in [7, 11) is 0. The standard InChI is InChI=1S/C12H24N2O3/c1-8(15)5-9-6-14(7-10(9)13)11(16)17-12(2,3)4/h8-10,15H,5-7,13H2,1-4H3. The van der Waals surface area contributed by atoms with Crippen LogP contribution in [0.1, 0.15) is 34.1 Å². The van der Waals surface area contributed by atoms with Crippen LogP contribution in [0.25, 0.3) is 0 Å². The van der Waals surface area contributed by atoms with Gasteiger partial charge in [-0.1, -0.05) is 0 Å². The van der Waals surface area contributed by atoms with Crippen molar-refractivity contribution in [2.75, 3.05) is 13.1 Å². The SMILES string of the molecule is CC(O)CC1CN(C(=O)OC(C)(C)C)CC1N. The van der Waals surface area contributed by atoms with Gasteiger partial charge in [-0.15, -0.1) is 0 Å². The van der Waals surface area contributed by atoms with Crippen molar-refractivity contribution in [1.82, 2.24) is 4.90 Å². The Morgan fingerprint density at radius 1 is 1.53 bits per heavy atom. The fraction of sp³-hybridized carbons (Fsp3) is 0.917. The van der Waals surface area contributed by atoms with Crippen molar-refractivity contribution in [3.8, 4) is 0 Å². The van der Waals surface area contributed by atoms with Gasteiger partial charge < -0.3 is 20.5 Å². The van der Waals surface area contributed by atoms with E-state index in [4.69, 9.17) is 10.5 Å². The Balaban J connectivity index is 2.51. The molecule has 0 radical (unpaired) electrons. The van der Waals surface area contributed by atoms with E-state index in [1.807, 2.05) is 20.8 Å². The molecule has 0 aromatic heterocycles. The van der Waals surface area contributed by atoms with Gasteiger partial charge in [0.15, 0.2) is 0 Å². The van der Waals surface area contributed by atoms with E-state index in [9.17, 15) is 9.90 Å². The largest absolute Gasteiger partial charge is 0.444 e. The molecule has 0 spiro atoms. The van der Waals surface area contributed by atoms with Crippen LogP contribution in [0.2, 0.25) is 0 Å². The third kappa shape index (κ3) is 4.52. The highest BCUT2D eigenvalue weighted by atomic mass is 16.6. The molecule has 5 nitrogen and oxygen atoms in total. The first-order valence-electron chi connectivity index (χ1n) is 6.10. The number of hydrogen-bond donors (Lipinski definition) is 2. The Morgan fingerprint density at radius 3 is 2.59 bits per heavy atom. The Bertz CT molecular complexity index is 273. The van der Waals surface area contributed by atoms with Crippen molar-refractivity contribution in [2.45, 2.75) is 51.9 Å². The molecule has 1 saturated heterocycles. The molecule has 0 saturated carbocycles. The zero-order valence-electron chi connectivity index (χ0n) is 11.1. The lowest BCUT2D eigenvalue weighted by molar-refractivity contribution is 0.0282. The highest BCUT2D eigenvalue weighted by Gasteiger charge is 2.35. The van der Waals surface area contributed by atoms with Gasteiger partial charge in [0.2, 0.25) is 0 Å². The number of nitrogens with zero attached hydrogens (tertiary/aromatic N) is 1. The average Bonchev–Trinajstić information content (AvgIpc) is 2.44. The van der Waals surface area contributed by atoms with Crippen molar-refractivity contribution >= 4 is 6.09 Å². The Labute approximate surface area is 103 Å². The van der Waals surface area contributed by atoms with E-state index >= 15 is 0 Å². The van der Waals surface area contributed by atoms with Gasteiger partial charge in [0.1, 0.15) is 5.60 Å². The number of likely N-dealkylation sites (tertiary alicyclic amines) is 1. The molecule has 0 aromatic carbocycles. The Kier molecular flexibility index (Phi) is 4.38. The van der Waals surface area contributed by atoms with Crippen molar-refractivity contribution < 1.29 is 14.6 Å². The van der Waals surface area contributed by atoms with Crippen LogP contribution in [0, 0.1) is 5.92 Å². The maximum absolute atomic E-state index is 11.8. The lowest BCUT2D eigenvalue weighted by Gasteiger charge is -2.24. The van der Waals surface area contributed by atoms with Crippen LogP contribution in [0.3, 0.4) is 0 Å². The molecule has 0 bridgehead atoms. The molecular formula is C12H24N2O3. The van der Waals surface area contributed by atoms with Crippen LogP contribution in [0.5, 0.6) is 0 Å². The highest BCUT2D eigenvalue weighted by Crippen LogP contribution is 2.22. The van der Waals surface area contributed by atoms with Crippen LogP contribution in [0.4, 0.5) is 4.79 Å². The molecule has 5 heteroatoms. The molecule has 3 N–H and O–H groups in total. The van der Waals surface area contributed by atoms with Crippen molar-refractivity contribution in [3.05, 3.63) is 0 Å². The van der Waals surface area contributed by atoms with Crippen LogP contribution in [0.15, 0.2) is 0 Å². The van der Waals surface area contributed by atoms with E-state index in [-0.39, 0.29) is 24.2 Å². The summed E-state index contributed by atoms with van der Waals surface area (Å²) in [6.07, 6.45) is -0.0776. The molecule has 0 aromatic rings. The third-order valence-electron chi connectivity index (χ3n) is 2.79. The molecule has 3 atom stereocenters. The normalized spacial score (nSPS) is 27.1. The molecular weight excluding hydrogens is 220 g/mol. The van der Waals surface area contributed by atoms with Crippen molar-refractivity contribution in [1.29, 1.82) is 0 Å². The van der Waals surface area contributed by atoms with Crippen molar-refractivity contribution in [3.63, 3.8) is 0 Å². The zero-order valence-corrected chi connectivity index (χ0v) is 11.1. The predicted molar refractivity (Wildman–Crippen MR) is 65.6 cm³/mol. The van der Waals surface area contributed by atoms with E-state index in [1.165, 1.54) is 0 Å². The Morgan fingerprint density at radius 2 is 2.12 bits per heavy atom. The number of amides is 1. The first-order chi connectivity index (χ1) is 7.69. The third-order valence-corrected chi connectivity index (χ3v) is 2.79. The predicted octanol–water partition coefficient (Wildman–Crippen LogP) is 0.952. The molecule has 17 heavy (non-hydrogen) atoms. The lowest BCUT2D eigenvalue weighted by Crippen LogP contribution is -2.36.